The van der Waals surface area contributed by atoms with Gasteiger partial charge in [-0.1, -0.05) is 11.3 Å². The Morgan fingerprint density at radius 1 is 1.67 bits per heavy atom. The fraction of sp³-hybridized carbons (Fsp3) is 0.500. The topological polar surface area (TPSA) is 42.4 Å². The third-order valence-corrected chi connectivity index (χ3v) is 1.91. The van der Waals surface area contributed by atoms with Gasteiger partial charge in [0.05, 0.1) is 12.8 Å². The quantitative estimate of drug-likeness (QED) is 0.786. The van der Waals surface area contributed by atoms with E-state index in [1.807, 2.05) is 0 Å². The maximum atomic E-state index is 11.6. The molecule has 0 unspecified atom stereocenters. The first kappa shape index (κ1) is 9.34. The van der Waals surface area contributed by atoms with E-state index in [-0.39, 0.29) is 6.61 Å². The zero-order chi connectivity index (χ0) is 8.97. The van der Waals surface area contributed by atoms with Crippen molar-refractivity contribution in [3.8, 4) is 5.06 Å². The highest BCUT2D eigenvalue weighted by Crippen LogP contribution is 2.21. The summed E-state index contributed by atoms with van der Waals surface area (Å²) in [7, 11) is 0. The molecule has 1 aromatic heterocycles. The monoisotopic (exact) mass is 195 g/mol. The van der Waals surface area contributed by atoms with Crippen LogP contribution in [-0.2, 0) is 6.61 Å². The molecule has 1 N–H and O–H groups in total. The summed E-state index contributed by atoms with van der Waals surface area (Å²) in [6, 6.07) is 0. The molecule has 1 aromatic rings. The Morgan fingerprint density at radius 2 is 2.42 bits per heavy atom. The fourth-order valence-corrected chi connectivity index (χ4v) is 1.21. The van der Waals surface area contributed by atoms with Crippen molar-refractivity contribution < 1.29 is 18.6 Å². The van der Waals surface area contributed by atoms with E-state index in [0.29, 0.717) is 10.1 Å². The molecule has 1 rings (SSSR count). The van der Waals surface area contributed by atoms with Crippen LogP contribution in [-0.4, -0.2) is 23.1 Å². The molecule has 0 atom stereocenters. The SMILES string of the molecule is OCc1ncc(OCC(F)F)s1. The van der Waals surface area contributed by atoms with E-state index >= 15 is 0 Å². The van der Waals surface area contributed by atoms with E-state index in [4.69, 9.17) is 5.11 Å². The van der Waals surface area contributed by atoms with E-state index in [1.165, 1.54) is 6.20 Å². The summed E-state index contributed by atoms with van der Waals surface area (Å²) in [5.74, 6) is 0. The average molecular weight is 195 g/mol. The minimum Gasteiger partial charge on any atom is -0.477 e. The number of aromatic nitrogens is 1. The number of hydrogen-bond donors (Lipinski definition) is 1. The molecule has 1 heterocycles. The van der Waals surface area contributed by atoms with Gasteiger partial charge >= 0.3 is 0 Å². The van der Waals surface area contributed by atoms with E-state index < -0.39 is 13.0 Å². The number of aliphatic hydroxyl groups excluding tert-OH is 1. The predicted molar refractivity (Wildman–Crippen MR) is 39.5 cm³/mol. The normalized spacial score (nSPS) is 10.7. The molecule has 0 aliphatic rings. The van der Waals surface area contributed by atoms with Gasteiger partial charge in [-0.05, 0) is 0 Å². The molecule has 0 fully saturated rings. The van der Waals surface area contributed by atoms with Crippen LogP contribution in [0.2, 0.25) is 0 Å². The van der Waals surface area contributed by atoms with Gasteiger partial charge in [0.15, 0.2) is 5.06 Å². The Hall–Kier alpha value is -0.750. The summed E-state index contributed by atoms with van der Waals surface area (Å²) in [6.07, 6.45) is -1.16. The molecule has 0 aliphatic carbocycles. The van der Waals surface area contributed by atoms with Crippen LogP contribution >= 0.6 is 11.3 Å². The number of nitrogens with zero attached hydrogens (tertiary/aromatic N) is 1. The van der Waals surface area contributed by atoms with Crippen molar-refractivity contribution in [1.82, 2.24) is 4.98 Å². The molecule has 0 saturated carbocycles. The Labute approximate surface area is 71.6 Å². The lowest BCUT2D eigenvalue weighted by atomic mass is 10.7. The highest BCUT2D eigenvalue weighted by molar-refractivity contribution is 7.13. The number of alkyl halides is 2. The molecule has 0 spiro atoms. The molecule has 0 aliphatic heterocycles. The minimum absolute atomic E-state index is 0.192. The molecule has 0 bridgehead atoms. The van der Waals surface area contributed by atoms with Crippen LogP contribution in [0.3, 0.4) is 0 Å². The van der Waals surface area contributed by atoms with Crippen molar-refractivity contribution in [3.05, 3.63) is 11.2 Å². The number of halogens is 2. The van der Waals surface area contributed by atoms with Gasteiger partial charge in [0.1, 0.15) is 11.6 Å². The molecule has 0 amide bonds. The largest absolute Gasteiger partial charge is 0.477 e. The number of thiazole rings is 1. The van der Waals surface area contributed by atoms with Crippen LogP contribution in [0.15, 0.2) is 6.20 Å². The molecule has 6 heteroatoms. The summed E-state index contributed by atoms with van der Waals surface area (Å²) in [4.78, 5) is 3.71. The van der Waals surface area contributed by atoms with Crippen LogP contribution in [0.25, 0.3) is 0 Å². The maximum absolute atomic E-state index is 11.6. The first-order valence-corrected chi connectivity index (χ1v) is 4.00. The van der Waals surface area contributed by atoms with Crippen LogP contribution in [0, 0.1) is 0 Å². The highest BCUT2D eigenvalue weighted by atomic mass is 32.1. The second-order valence-corrected chi connectivity index (χ2v) is 3.01. The van der Waals surface area contributed by atoms with E-state index in [9.17, 15) is 8.78 Å². The van der Waals surface area contributed by atoms with Gasteiger partial charge in [-0.3, -0.25) is 0 Å². The molecule has 68 valence electrons. The summed E-state index contributed by atoms with van der Waals surface area (Å²) in [5.41, 5.74) is 0. The molecular weight excluding hydrogens is 188 g/mol. The Balaban J connectivity index is 2.41. The number of aliphatic hydroxyl groups is 1. The molecule has 0 aromatic carbocycles. The minimum atomic E-state index is -2.48. The third kappa shape index (κ3) is 2.71. The van der Waals surface area contributed by atoms with Gasteiger partial charge in [0.2, 0.25) is 0 Å². The van der Waals surface area contributed by atoms with E-state index in [0.717, 1.165) is 11.3 Å². The van der Waals surface area contributed by atoms with Crippen molar-refractivity contribution >= 4 is 11.3 Å². The molecular formula is C6H7F2NO2S. The third-order valence-electron chi connectivity index (χ3n) is 1.02. The van der Waals surface area contributed by atoms with Gasteiger partial charge in [-0.15, -0.1) is 0 Å². The van der Waals surface area contributed by atoms with Crippen molar-refractivity contribution in [2.45, 2.75) is 13.0 Å². The van der Waals surface area contributed by atoms with Gasteiger partial charge in [-0.2, -0.15) is 0 Å². The van der Waals surface area contributed by atoms with Crippen molar-refractivity contribution in [3.63, 3.8) is 0 Å². The van der Waals surface area contributed by atoms with Gasteiger partial charge in [0, 0.05) is 0 Å². The second-order valence-electron chi connectivity index (χ2n) is 1.93. The van der Waals surface area contributed by atoms with Crippen LogP contribution < -0.4 is 4.74 Å². The highest BCUT2D eigenvalue weighted by Gasteiger charge is 2.06. The summed E-state index contributed by atoms with van der Waals surface area (Å²) in [5, 5.41) is 9.34. The van der Waals surface area contributed by atoms with Crippen LogP contribution in [0.5, 0.6) is 5.06 Å². The lowest BCUT2D eigenvalue weighted by Gasteiger charge is -1.99. The Kier molecular flexibility index (Phi) is 3.36. The number of rotatable bonds is 4. The second kappa shape index (κ2) is 4.32. The van der Waals surface area contributed by atoms with Crippen molar-refractivity contribution in [1.29, 1.82) is 0 Å². The fourth-order valence-electron chi connectivity index (χ4n) is 0.578. The lowest BCUT2D eigenvalue weighted by Crippen LogP contribution is -2.05. The molecule has 3 nitrogen and oxygen atoms in total. The zero-order valence-corrected chi connectivity index (χ0v) is 6.85. The van der Waals surface area contributed by atoms with Gasteiger partial charge < -0.3 is 9.84 Å². The van der Waals surface area contributed by atoms with Crippen LogP contribution in [0.1, 0.15) is 5.01 Å². The van der Waals surface area contributed by atoms with E-state index in [1.54, 1.807) is 0 Å². The Bertz CT molecular complexity index is 241. The predicted octanol–water partition coefficient (Wildman–Crippen LogP) is 1.28. The first-order valence-electron chi connectivity index (χ1n) is 3.19. The molecule has 0 saturated heterocycles. The molecule has 0 radical (unpaired) electrons. The Morgan fingerprint density at radius 3 is 2.92 bits per heavy atom. The standard InChI is InChI=1S/C6H7F2NO2S/c7-4(8)3-11-6-1-9-5(2-10)12-6/h1,4,10H,2-3H2. The maximum Gasteiger partial charge on any atom is 0.272 e. The number of hydrogen-bond acceptors (Lipinski definition) is 4. The first-order chi connectivity index (χ1) is 5.72. The average Bonchev–Trinajstić information content (AvgIpc) is 2.48. The zero-order valence-electron chi connectivity index (χ0n) is 6.04. The summed E-state index contributed by atoms with van der Waals surface area (Å²) >= 11 is 1.06. The smallest absolute Gasteiger partial charge is 0.272 e. The lowest BCUT2D eigenvalue weighted by molar-refractivity contribution is 0.0837. The van der Waals surface area contributed by atoms with Gasteiger partial charge in [0.25, 0.3) is 6.43 Å². The number of ether oxygens (including phenoxy) is 1. The summed E-state index contributed by atoms with van der Waals surface area (Å²) < 4.78 is 27.9. The van der Waals surface area contributed by atoms with Crippen molar-refractivity contribution in [2.75, 3.05) is 6.61 Å². The van der Waals surface area contributed by atoms with Gasteiger partial charge in [-0.25, -0.2) is 13.8 Å². The van der Waals surface area contributed by atoms with E-state index in [2.05, 4.69) is 9.72 Å². The summed E-state index contributed by atoms with van der Waals surface area (Å²) in [6.45, 7) is -0.824. The van der Waals surface area contributed by atoms with Crippen molar-refractivity contribution in [2.24, 2.45) is 0 Å². The van der Waals surface area contributed by atoms with Crippen LogP contribution in [0.4, 0.5) is 8.78 Å². The molecule has 12 heavy (non-hydrogen) atoms.